The maximum absolute atomic E-state index is 15.4. The van der Waals surface area contributed by atoms with Crippen molar-refractivity contribution in [3.05, 3.63) is 58.7 Å². The molecule has 2 aliphatic carbocycles. The number of alkyl halides is 4. The van der Waals surface area contributed by atoms with Gasteiger partial charge in [-0.25, -0.2) is 4.39 Å². The molecule has 1 saturated carbocycles. The van der Waals surface area contributed by atoms with E-state index in [2.05, 4.69) is 16.2 Å². The minimum absolute atomic E-state index is 0.0282. The second-order valence-electron chi connectivity index (χ2n) is 10.8. The molecule has 39 heavy (non-hydrogen) atoms. The Morgan fingerprint density at radius 3 is 2.46 bits per heavy atom. The Kier molecular flexibility index (Phi) is 8.29. The van der Waals surface area contributed by atoms with Crippen LogP contribution in [0.15, 0.2) is 53.6 Å². The number of rotatable bonds is 8. The van der Waals surface area contributed by atoms with Gasteiger partial charge in [-0.2, -0.15) is 0 Å². The Balaban J connectivity index is 1.21. The third-order valence-electron chi connectivity index (χ3n) is 7.91. The number of piperidine rings is 1. The Morgan fingerprint density at radius 1 is 1.08 bits per heavy atom. The predicted molar refractivity (Wildman–Crippen MR) is 141 cm³/mol. The summed E-state index contributed by atoms with van der Waals surface area (Å²) in [5.41, 5.74) is 2.46. The fourth-order valence-corrected chi connectivity index (χ4v) is 6.07. The summed E-state index contributed by atoms with van der Waals surface area (Å²) in [5, 5.41) is 0.0949. The molecule has 0 bridgehead atoms. The molecule has 212 valence electrons. The van der Waals surface area contributed by atoms with E-state index in [1.54, 1.807) is 11.0 Å². The molecule has 0 spiro atoms. The zero-order valence-electron chi connectivity index (χ0n) is 21.7. The van der Waals surface area contributed by atoms with E-state index in [0.717, 1.165) is 42.9 Å². The minimum atomic E-state index is -4.82. The molecule has 0 N–H and O–H groups in total. The summed E-state index contributed by atoms with van der Waals surface area (Å²) in [6.45, 7) is 6.52. The van der Waals surface area contributed by atoms with Gasteiger partial charge >= 0.3 is 6.36 Å². The summed E-state index contributed by atoms with van der Waals surface area (Å²) in [5.74, 6) is -0.00743. The Morgan fingerprint density at radius 2 is 1.79 bits per heavy atom. The van der Waals surface area contributed by atoms with Gasteiger partial charge in [-0.15, -0.1) is 19.8 Å². The third kappa shape index (κ3) is 6.98. The molecule has 10 heteroatoms. The van der Waals surface area contributed by atoms with E-state index in [0.29, 0.717) is 44.9 Å². The number of ether oxygens (including phenoxy) is 2. The fraction of sp³-hybridized carbons (Fsp3) is 0.552. The first-order valence-corrected chi connectivity index (χ1v) is 13.9. The largest absolute Gasteiger partial charge is 0.573 e. The van der Waals surface area contributed by atoms with Crippen LogP contribution in [0.2, 0.25) is 5.02 Å². The summed E-state index contributed by atoms with van der Waals surface area (Å²) in [6, 6.07) is 3.72. The van der Waals surface area contributed by atoms with Crippen molar-refractivity contribution in [3.8, 4) is 11.5 Å². The maximum atomic E-state index is 15.4. The topological polar surface area (TPSA) is 42.0 Å². The van der Waals surface area contributed by atoms with Crippen LogP contribution in [0, 0.1) is 5.92 Å². The van der Waals surface area contributed by atoms with Crippen LogP contribution >= 0.6 is 11.6 Å². The summed E-state index contributed by atoms with van der Waals surface area (Å²) < 4.78 is 63.1. The molecular formula is C29H33ClF4N2O3. The van der Waals surface area contributed by atoms with Crippen molar-refractivity contribution >= 4 is 17.5 Å². The molecule has 1 unspecified atom stereocenters. The maximum Gasteiger partial charge on any atom is 0.573 e. The summed E-state index contributed by atoms with van der Waals surface area (Å²) in [6.07, 6.45) is 2.76. The first kappa shape index (κ1) is 28.0. The molecule has 5 rings (SSSR count). The highest BCUT2D eigenvalue weighted by atomic mass is 35.5. The van der Waals surface area contributed by atoms with Crippen LogP contribution < -0.4 is 9.47 Å². The van der Waals surface area contributed by atoms with Crippen LogP contribution in [-0.4, -0.2) is 66.6 Å². The number of halogens is 5. The van der Waals surface area contributed by atoms with Gasteiger partial charge in [-0.05, 0) is 73.8 Å². The SMILES string of the molecule is C=C[C@@H]1CCCN1C(=O)C1=CC(C2CC2)=C(CN2CCC(Oc3cc(Cl)cc(OC(F)(F)F)c3)CC2)CC1F. The van der Waals surface area contributed by atoms with E-state index in [-0.39, 0.29) is 40.8 Å². The van der Waals surface area contributed by atoms with Gasteiger partial charge in [0.1, 0.15) is 23.8 Å². The number of carbonyl (C=O) groups is 1. The van der Waals surface area contributed by atoms with Gasteiger partial charge in [-0.1, -0.05) is 17.7 Å². The summed E-state index contributed by atoms with van der Waals surface area (Å²) in [4.78, 5) is 17.2. The van der Waals surface area contributed by atoms with Crippen LogP contribution in [0.3, 0.4) is 0 Å². The Bertz CT molecular complexity index is 1160. The summed E-state index contributed by atoms with van der Waals surface area (Å²) >= 11 is 5.96. The number of hydrogen-bond donors (Lipinski definition) is 0. The monoisotopic (exact) mass is 568 g/mol. The van der Waals surface area contributed by atoms with Gasteiger partial charge in [0.05, 0.1) is 11.6 Å². The molecule has 1 aromatic rings. The highest BCUT2D eigenvalue weighted by Gasteiger charge is 2.38. The number of likely N-dealkylation sites (tertiary alicyclic amines) is 2. The van der Waals surface area contributed by atoms with Crippen LogP contribution in [0.4, 0.5) is 17.6 Å². The molecule has 2 atom stereocenters. The number of hydrogen-bond acceptors (Lipinski definition) is 4. The van der Waals surface area contributed by atoms with Crippen LogP contribution in [0.1, 0.15) is 44.9 Å². The zero-order chi connectivity index (χ0) is 27.7. The quantitative estimate of drug-likeness (QED) is 0.261. The lowest BCUT2D eigenvalue weighted by molar-refractivity contribution is -0.274. The van der Waals surface area contributed by atoms with Gasteiger partial charge < -0.3 is 14.4 Å². The molecule has 1 amide bonds. The van der Waals surface area contributed by atoms with Crippen LogP contribution in [0.25, 0.3) is 0 Å². The van der Waals surface area contributed by atoms with Crippen LogP contribution in [-0.2, 0) is 4.79 Å². The van der Waals surface area contributed by atoms with Gasteiger partial charge in [0.25, 0.3) is 5.91 Å². The van der Waals surface area contributed by atoms with Crippen molar-refractivity contribution in [1.82, 2.24) is 9.80 Å². The average molecular weight is 569 g/mol. The second kappa shape index (κ2) is 11.5. The van der Waals surface area contributed by atoms with Gasteiger partial charge in [0, 0.05) is 43.7 Å². The van der Waals surface area contributed by atoms with E-state index in [4.69, 9.17) is 16.3 Å². The molecule has 1 aromatic carbocycles. The molecule has 5 nitrogen and oxygen atoms in total. The summed E-state index contributed by atoms with van der Waals surface area (Å²) in [7, 11) is 0. The van der Waals surface area contributed by atoms with E-state index in [1.165, 1.54) is 12.1 Å². The van der Waals surface area contributed by atoms with Crippen LogP contribution in [0.5, 0.6) is 11.5 Å². The highest BCUT2D eigenvalue weighted by molar-refractivity contribution is 6.30. The number of amides is 1. The van der Waals surface area contributed by atoms with Crippen molar-refractivity contribution in [2.24, 2.45) is 5.92 Å². The average Bonchev–Trinajstić information content (AvgIpc) is 3.59. The molecule has 4 aliphatic rings. The minimum Gasteiger partial charge on any atom is -0.490 e. The van der Waals surface area contributed by atoms with Gasteiger partial charge in [0.2, 0.25) is 0 Å². The molecule has 0 aromatic heterocycles. The number of allylic oxidation sites excluding steroid dienone is 2. The third-order valence-corrected chi connectivity index (χ3v) is 8.13. The second-order valence-corrected chi connectivity index (χ2v) is 11.2. The van der Waals surface area contributed by atoms with Crippen molar-refractivity contribution in [1.29, 1.82) is 0 Å². The van der Waals surface area contributed by atoms with Gasteiger partial charge in [-0.3, -0.25) is 9.69 Å². The number of carbonyl (C=O) groups excluding carboxylic acids is 1. The lowest BCUT2D eigenvalue weighted by atomic mass is 9.87. The van der Waals surface area contributed by atoms with Crippen molar-refractivity contribution in [2.45, 2.75) is 69.6 Å². The van der Waals surface area contributed by atoms with Crippen molar-refractivity contribution in [2.75, 3.05) is 26.2 Å². The molecule has 2 saturated heterocycles. The van der Waals surface area contributed by atoms with E-state index >= 15 is 4.39 Å². The van der Waals surface area contributed by atoms with E-state index in [9.17, 15) is 18.0 Å². The highest BCUT2D eigenvalue weighted by Crippen LogP contribution is 2.44. The first-order valence-electron chi connectivity index (χ1n) is 13.6. The Labute approximate surface area is 231 Å². The Hall–Kier alpha value is -2.52. The normalized spacial score (nSPS) is 25.1. The zero-order valence-corrected chi connectivity index (χ0v) is 22.4. The predicted octanol–water partition coefficient (Wildman–Crippen LogP) is 6.63. The van der Waals surface area contributed by atoms with Crippen molar-refractivity contribution < 1.29 is 31.8 Å². The number of benzene rings is 1. The molecule has 0 radical (unpaired) electrons. The smallest absolute Gasteiger partial charge is 0.490 e. The molecule has 2 aliphatic heterocycles. The number of nitrogens with zero attached hydrogens (tertiary/aromatic N) is 2. The lowest BCUT2D eigenvalue weighted by Gasteiger charge is -2.35. The van der Waals surface area contributed by atoms with E-state index in [1.807, 2.05) is 6.08 Å². The van der Waals surface area contributed by atoms with Crippen molar-refractivity contribution in [3.63, 3.8) is 0 Å². The lowest BCUT2D eigenvalue weighted by Crippen LogP contribution is -2.41. The molecular weight excluding hydrogens is 536 g/mol. The first-order chi connectivity index (χ1) is 18.6. The standard InChI is InChI=1S/C29H33ClF4N2O3/c1-2-21-4-3-9-36(21)28(37)26-16-25(18-5-6-18)19(12-27(26)31)17-35-10-7-22(8-11-35)38-23-13-20(30)14-24(15-23)39-29(32,33)34/h2,13-16,18,21-22,27H,1,3-12,17H2/t21-,27?/m1/s1. The van der Waals surface area contributed by atoms with E-state index < -0.39 is 18.3 Å². The molecule has 2 heterocycles. The van der Waals surface area contributed by atoms with Gasteiger partial charge in [0.15, 0.2) is 0 Å². The fourth-order valence-electron chi connectivity index (χ4n) is 5.86. The molecule has 3 fully saturated rings.